The van der Waals surface area contributed by atoms with Gasteiger partial charge < -0.3 is 26.0 Å². The van der Waals surface area contributed by atoms with Crippen molar-refractivity contribution in [2.45, 2.75) is 0 Å². The first-order chi connectivity index (χ1) is 6.34. The molecule has 0 rings (SSSR count). The van der Waals surface area contributed by atoms with E-state index < -0.39 is 31.2 Å². The molecule has 3 N–H and O–H groups in total. The molecule has 0 aliphatic rings. The zero-order valence-corrected chi connectivity index (χ0v) is 7.37. The molecule has 0 spiro atoms. The van der Waals surface area contributed by atoms with Crippen molar-refractivity contribution >= 4 is 31.2 Å². The van der Waals surface area contributed by atoms with Gasteiger partial charge in [-0.15, -0.1) is 0 Å². The van der Waals surface area contributed by atoms with E-state index >= 15 is 0 Å². The van der Waals surface area contributed by atoms with Crippen LogP contribution in [0.25, 0.3) is 0 Å². The Morgan fingerprint density at radius 3 is 1.40 bits per heavy atom. The van der Waals surface area contributed by atoms with E-state index in [1.807, 2.05) is 0 Å². The minimum absolute atomic E-state index is 0. The first-order valence-corrected chi connectivity index (χ1v) is 2.90. The van der Waals surface area contributed by atoms with Gasteiger partial charge in [-0.05, 0) is 0 Å². The number of carboxylic acids is 2. The van der Waals surface area contributed by atoms with Crippen molar-refractivity contribution in [3.8, 4) is 0 Å². The first-order valence-electron chi connectivity index (χ1n) is 2.90. The van der Waals surface area contributed by atoms with Crippen LogP contribution in [0.2, 0.25) is 0 Å². The van der Waals surface area contributed by atoms with Crippen LogP contribution in [0.5, 0.6) is 0 Å². The number of hydrogen-bond acceptors (Lipinski definition) is 7. The summed E-state index contributed by atoms with van der Waals surface area (Å²) in [4.78, 5) is 40.0. The zero-order valence-electron chi connectivity index (χ0n) is 8.37. The molecule has 11 heteroatoms. The standard InChI is InChI=1S/C4H3BO9.Li.H/c6-1(7)3(10)13-5(12)14-4(11)2(8)9;;/h12H,(H,6,7)(H,8,9);;/q;+1;-1. The zero-order chi connectivity index (χ0) is 11.3. The van der Waals surface area contributed by atoms with Crippen LogP contribution in [0.3, 0.4) is 0 Å². The van der Waals surface area contributed by atoms with Crippen LogP contribution in [0, 0.1) is 0 Å². The van der Waals surface area contributed by atoms with Crippen LogP contribution >= 0.6 is 0 Å². The summed E-state index contributed by atoms with van der Waals surface area (Å²) in [6.45, 7) is 0. The number of rotatable bonds is 2. The van der Waals surface area contributed by atoms with Gasteiger partial charge >= 0.3 is 50.1 Å². The Morgan fingerprint density at radius 1 is 0.933 bits per heavy atom. The molecule has 0 saturated heterocycles. The Bertz CT molecular complexity index is 265. The minimum Gasteiger partial charge on any atom is -1.00 e. The van der Waals surface area contributed by atoms with Gasteiger partial charge in [-0.3, -0.25) is 0 Å². The fourth-order valence-electron chi connectivity index (χ4n) is 0.308. The predicted molar refractivity (Wildman–Crippen MR) is 36.5 cm³/mol. The maximum Gasteiger partial charge on any atom is 1.00 e. The van der Waals surface area contributed by atoms with E-state index in [2.05, 4.69) is 9.31 Å². The second kappa shape index (κ2) is 6.88. The molecule has 0 heterocycles. The maximum absolute atomic E-state index is 10.2. The third-order valence-corrected chi connectivity index (χ3v) is 0.765. The van der Waals surface area contributed by atoms with Crippen molar-refractivity contribution in [2.75, 3.05) is 0 Å². The SMILES string of the molecule is O=C(O)C(=O)OB(O)OC(=O)C(=O)O.[H-].[Li+]. The van der Waals surface area contributed by atoms with Crippen LogP contribution < -0.4 is 18.9 Å². The molecule has 0 fully saturated rings. The molecule has 78 valence electrons. The van der Waals surface area contributed by atoms with Gasteiger partial charge in [-0.25, -0.2) is 19.2 Å². The van der Waals surface area contributed by atoms with Gasteiger partial charge in [0.2, 0.25) is 0 Å². The Kier molecular flexibility index (Phi) is 7.32. The molecule has 0 saturated carbocycles. The third-order valence-electron chi connectivity index (χ3n) is 0.765. The van der Waals surface area contributed by atoms with E-state index in [0.29, 0.717) is 0 Å². The summed E-state index contributed by atoms with van der Waals surface area (Å²) in [6.07, 6.45) is 0. The fourth-order valence-corrected chi connectivity index (χ4v) is 0.308. The molecule has 0 aromatic rings. The number of carbonyl (C=O) groups is 4. The van der Waals surface area contributed by atoms with Gasteiger partial charge in [0.05, 0.1) is 0 Å². The molecule has 0 amide bonds. The van der Waals surface area contributed by atoms with Gasteiger partial charge in [0.1, 0.15) is 0 Å². The number of aliphatic carboxylic acids is 2. The fraction of sp³-hybridized carbons (Fsp3) is 0. The number of carbonyl (C=O) groups excluding carboxylic acids is 2. The predicted octanol–water partition coefficient (Wildman–Crippen LogP) is -5.66. The van der Waals surface area contributed by atoms with Crippen molar-refractivity contribution in [1.29, 1.82) is 0 Å². The van der Waals surface area contributed by atoms with Crippen LogP contribution in [0.15, 0.2) is 0 Å². The number of hydrogen-bond donors (Lipinski definition) is 3. The first kappa shape index (κ1) is 16.0. The largest absolute Gasteiger partial charge is 1.00 e. The molecule has 0 aromatic carbocycles. The second-order valence-corrected chi connectivity index (χ2v) is 1.73. The van der Waals surface area contributed by atoms with E-state index in [4.69, 9.17) is 15.2 Å². The minimum atomic E-state index is -2.57. The molecule has 0 bridgehead atoms. The van der Waals surface area contributed by atoms with Crippen LogP contribution in [0.1, 0.15) is 1.43 Å². The van der Waals surface area contributed by atoms with Gasteiger partial charge in [0.15, 0.2) is 0 Å². The Hall–Kier alpha value is -1.50. The quantitative estimate of drug-likeness (QED) is 0.302. The Balaban J connectivity index is -0.000000845. The molecular weight excluding hydrogens is 210 g/mol. The Morgan fingerprint density at radius 2 is 1.20 bits per heavy atom. The normalized spacial score (nSPS) is 8.07. The molecule has 0 aliphatic heterocycles. The van der Waals surface area contributed by atoms with Gasteiger partial charge in [0.25, 0.3) is 0 Å². The van der Waals surface area contributed by atoms with Crippen LogP contribution in [-0.2, 0) is 28.5 Å². The summed E-state index contributed by atoms with van der Waals surface area (Å²) in [5, 5.41) is 24.3. The molecule has 9 nitrogen and oxygen atoms in total. The molecule has 0 unspecified atom stereocenters. The van der Waals surface area contributed by atoms with Crippen molar-refractivity contribution in [2.24, 2.45) is 0 Å². The molecule has 0 radical (unpaired) electrons. The smallest absolute Gasteiger partial charge is 1.00 e. The second-order valence-electron chi connectivity index (χ2n) is 1.73. The average Bonchev–Trinajstić information content (AvgIpc) is 2.03. The average molecular weight is 214 g/mol. The van der Waals surface area contributed by atoms with Gasteiger partial charge in [0, 0.05) is 0 Å². The van der Waals surface area contributed by atoms with E-state index in [1.54, 1.807) is 0 Å². The Labute approximate surface area is 95.8 Å². The topological polar surface area (TPSA) is 147 Å². The molecular formula is C4H4BLiO9. The van der Waals surface area contributed by atoms with E-state index in [1.165, 1.54) is 0 Å². The van der Waals surface area contributed by atoms with E-state index in [-0.39, 0.29) is 20.3 Å². The summed E-state index contributed by atoms with van der Waals surface area (Å²) in [5.41, 5.74) is 0. The summed E-state index contributed by atoms with van der Waals surface area (Å²) >= 11 is 0. The van der Waals surface area contributed by atoms with Crippen LogP contribution in [-0.4, -0.2) is 46.4 Å². The van der Waals surface area contributed by atoms with Gasteiger partial charge in [-0.1, -0.05) is 0 Å². The number of carboxylic acid groups (broad SMARTS) is 2. The molecule has 0 aliphatic carbocycles. The summed E-state index contributed by atoms with van der Waals surface area (Å²) in [7, 11) is -2.57. The van der Waals surface area contributed by atoms with Crippen molar-refractivity contribution in [3.05, 3.63) is 0 Å². The summed E-state index contributed by atoms with van der Waals surface area (Å²) in [5.74, 6) is -7.85. The van der Waals surface area contributed by atoms with E-state index in [9.17, 15) is 19.2 Å². The summed E-state index contributed by atoms with van der Waals surface area (Å²) in [6, 6.07) is 0. The maximum atomic E-state index is 10.2. The van der Waals surface area contributed by atoms with Crippen LogP contribution in [0.4, 0.5) is 0 Å². The monoisotopic (exact) mass is 214 g/mol. The summed E-state index contributed by atoms with van der Waals surface area (Å²) < 4.78 is 7.09. The van der Waals surface area contributed by atoms with Crippen molar-refractivity contribution in [1.82, 2.24) is 0 Å². The van der Waals surface area contributed by atoms with Crippen molar-refractivity contribution < 1.29 is 64.0 Å². The van der Waals surface area contributed by atoms with Crippen molar-refractivity contribution in [3.63, 3.8) is 0 Å². The van der Waals surface area contributed by atoms with E-state index in [0.717, 1.165) is 0 Å². The van der Waals surface area contributed by atoms with Gasteiger partial charge in [-0.2, -0.15) is 0 Å². The molecule has 0 aromatic heterocycles. The molecule has 0 atom stereocenters. The third kappa shape index (κ3) is 6.56. The molecule has 15 heavy (non-hydrogen) atoms.